The fourth-order valence-corrected chi connectivity index (χ4v) is 2.84. The van der Waals surface area contributed by atoms with Crippen LogP contribution in [0.1, 0.15) is 51.7 Å². The molecule has 0 spiro atoms. The normalized spacial score (nSPS) is 10.8. The first-order chi connectivity index (χ1) is 12.2. The molecule has 2 aromatic carbocycles. The van der Waals surface area contributed by atoms with Gasteiger partial charge in [-0.25, -0.2) is 0 Å². The predicted molar refractivity (Wildman–Crippen MR) is 119 cm³/mol. The van der Waals surface area contributed by atoms with Crippen molar-refractivity contribution < 1.29 is 0 Å². The van der Waals surface area contributed by atoms with E-state index >= 15 is 0 Å². The minimum Gasteiger partial charge on any atom is -0.378 e. The largest absolute Gasteiger partial charge is 0.378 e. The highest BCUT2D eigenvalue weighted by Gasteiger charge is 2.17. The summed E-state index contributed by atoms with van der Waals surface area (Å²) in [7, 11) is 8.32. The van der Waals surface area contributed by atoms with Crippen molar-refractivity contribution in [2.45, 2.75) is 52.4 Å². The van der Waals surface area contributed by atoms with E-state index in [1.807, 2.05) is 0 Å². The summed E-state index contributed by atoms with van der Waals surface area (Å²) in [4.78, 5) is 4.30. The minimum absolute atomic E-state index is 0.223. The van der Waals surface area contributed by atoms with E-state index in [1.54, 1.807) is 0 Å². The zero-order valence-corrected chi connectivity index (χ0v) is 18.1. The van der Waals surface area contributed by atoms with E-state index in [1.165, 1.54) is 41.8 Å². The second-order valence-corrected chi connectivity index (χ2v) is 8.33. The Labute approximate surface area is 161 Å². The van der Waals surface area contributed by atoms with E-state index in [4.69, 9.17) is 0 Å². The predicted octanol–water partition coefficient (Wildman–Crippen LogP) is 6.15. The molecule has 0 N–H and O–H groups in total. The van der Waals surface area contributed by atoms with Crippen LogP contribution < -0.4 is 9.80 Å². The molecule has 0 amide bonds. The number of para-hydroxylation sites is 1. The summed E-state index contributed by atoms with van der Waals surface area (Å²) in [5, 5.41) is 0. The third-order valence-electron chi connectivity index (χ3n) is 4.47. The highest BCUT2D eigenvalue weighted by Crippen LogP contribution is 2.30. The number of aryl methyl sites for hydroxylation is 1. The van der Waals surface area contributed by atoms with E-state index in [0.29, 0.717) is 0 Å². The molecule has 0 aromatic heterocycles. The van der Waals surface area contributed by atoms with Crippen molar-refractivity contribution in [1.82, 2.24) is 0 Å². The fraction of sp³-hybridized carbons (Fsp3) is 0.500. The molecule has 2 nitrogen and oxygen atoms in total. The molecule has 2 aromatic rings. The van der Waals surface area contributed by atoms with Crippen LogP contribution in [0.2, 0.25) is 0 Å². The molecule has 0 fully saturated rings. The lowest BCUT2D eigenvalue weighted by Gasteiger charge is -2.26. The SMILES string of the molecule is CCCCc1ccc(N(C)C)cc1.CN(C)c1ccccc1C(C)(C)C. The Morgan fingerprint density at radius 1 is 0.769 bits per heavy atom. The van der Waals surface area contributed by atoms with E-state index in [-0.39, 0.29) is 5.41 Å². The molecular weight excluding hydrogens is 316 g/mol. The maximum absolute atomic E-state index is 2.25. The molecule has 26 heavy (non-hydrogen) atoms. The number of anilines is 2. The van der Waals surface area contributed by atoms with Crippen LogP contribution in [-0.2, 0) is 11.8 Å². The molecule has 0 saturated carbocycles. The molecule has 0 radical (unpaired) electrons. The second-order valence-electron chi connectivity index (χ2n) is 8.33. The van der Waals surface area contributed by atoms with Crippen molar-refractivity contribution in [2.75, 3.05) is 38.0 Å². The van der Waals surface area contributed by atoms with Crippen molar-refractivity contribution in [1.29, 1.82) is 0 Å². The molecule has 2 rings (SSSR count). The van der Waals surface area contributed by atoms with Gasteiger partial charge in [0.25, 0.3) is 0 Å². The molecule has 2 heteroatoms. The van der Waals surface area contributed by atoms with Crippen molar-refractivity contribution in [3.05, 3.63) is 59.7 Å². The van der Waals surface area contributed by atoms with Gasteiger partial charge in [0.2, 0.25) is 0 Å². The lowest BCUT2D eigenvalue weighted by atomic mass is 9.85. The number of benzene rings is 2. The third-order valence-corrected chi connectivity index (χ3v) is 4.47. The highest BCUT2D eigenvalue weighted by molar-refractivity contribution is 5.55. The van der Waals surface area contributed by atoms with E-state index < -0.39 is 0 Å². The van der Waals surface area contributed by atoms with Crippen molar-refractivity contribution >= 4 is 11.4 Å². The van der Waals surface area contributed by atoms with Gasteiger partial charge in [0.05, 0.1) is 0 Å². The summed E-state index contributed by atoms with van der Waals surface area (Å²) in [5.41, 5.74) is 5.67. The van der Waals surface area contributed by atoms with Gasteiger partial charge in [0.15, 0.2) is 0 Å². The Morgan fingerprint density at radius 2 is 1.35 bits per heavy atom. The van der Waals surface area contributed by atoms with Crippen LogP contribution in [-0.4, -0.2) is 28.2 Å². The molecule has 0 atom stereocenters. The van der Waals surface area contributed by atoms with Gasteiger partial charge in [-0.3, -0.25) is 0 Å². The second kappa shape index (κ2) is 10.3. The molecular formula is C24H38N2. The van der Waals surface area contributed by atoms with Gasteiger partial charge in [-0.1, -0.05) is 64.4 Å². The van der Waals surface area contributed by atoms with E-state index in [9.17, 15) is 0 Å². The number of hydrogen-bond donors (Lipinski definition) is 0. The van der Waals surface area contributed by atoms with Crippen molar-refractivity contribution in [3.63, 3.8) is 0 Å². The average molecular weight is 355 g/mol. The average Bonchev–Trinajstić information content (AvgIpc) is 2.60. The number of rotatable bonds is 5. The quantitative estimate of drug-likeness (QED) is 0.636. The Kier molecular flexibility index (Phi) is 8.71. The van der Waals surface area contributed by atoms with Crippen LogP contribution in [0.25, 0.3) is 0 Å². The maximum Gasteiger partial charge on any atom is 0.0398 e. The Bertz CT molecular complexity index is 634. The van der Waals surface area contributed by atoms with E-state index in [2.05, 4.69) is 114 Å². The van der Waals surface area contributed by atoms with Gasteiger partial charge in [0.1, 0.15) is 0 Å². The summed E-state index contributed by atoms with van der Waals surface area (Å²) in [6, 6.07) is 17.4. The van der Waals surface area contributed by atoms with Crippen LogP contribution in [0.4, 0.5) is 11.4 Å². The summed E-state index contributed by atoms with van der Waals surface area (Å²) >= 11 is 0. The lowest BCUT2D eigenvalue weighted by Crippen LogP contribution is -2.18. The number of nitrogens with zero attached hydrogens (tertiary/aromatic N) is 2. The van der Waals surface area contributed by atoms with Crippen LogP contribution in [0, 0.1) is 0 Å². The zero-order chi connectivity index (χ0) is 19.7. The monoisotopic (exact) mass is 354 g/mol. The molecule has 0 aliphatic carbocycles. The molecule has 0 bridgehead atoms. The van der Waals surface area contributed by atoms with Crippen LogP contribution in [0.5, 0.6) is 0 Å². The van der Waals surface area contributed by atoms with Crippen LogP contribution in [0.15, 0.2) is 48.5 Å². The molecule has 0 aliphatic rings. The smallest absolute Gasteiger partial charge is 0.0398 e. The first-order valence-electron chi connectivity index (χ1n) is 9.70. The first kappa shape index (κ1) is 22.1. The van der Waals surface area contributed by atoms with Gasteiger partial charge in [-0.2, -0.15) is 0 Å². The maximum atomic E-state index is 2.25. The zero-order valence-electron chi connectivity index (χ0n) is 18.1. The first-order valence-corrected chi connectivity index (χ1v) is 9.70. The highest BCUT2D eigenvalue weighted by atomic mass is 15.1. The summed E-state index contributed by atoms with van der Waals surface area (Å²) in [6.45, 7) is 8.97. The minimum atomic E-state index is 0.223. The molecule has 0 aliphatic heterocycles. The molecule has 0 unspecified atom stereocenters. The number of unbranched alkanes of at least 4 members (excludes halogenated alkanes) is 1. The molecule has 0 heterocycles. The number of hydrogen-bond acceptors (Lipinski definition) is 2. The standard InChI is InChI=1S/2C12H19N/c1-12(2,3)10-8-6-7-9-11(10)13(4)5;1-4-5-6-11-7-9-12(10-8-11)13(2)3/h6-9H,1-5H3;7-10H,4-6H2,1-3H3. The summed E-state index contributed by atoms with van der Waals surface area (Å²) < 4.78 is 0. The lowest BCUT2D eigenvalue weighted by molar-refractivity contribution is 0.590. The summed E-state index contributed by atoms with van der Waals surface area (Å²) in [5.74, 6) is 0. The Hall–Kier alpha value is -1.96. The van der Waals surface area contributed by atoms with E-state index in [0.717, 1.165) is 0 Å². The fourth-order valence-electron chi connectivity index (χ4n) is 2.84. The van der Waals surface area contributed by atoms with Crippen LogP contribution >= 0.6 is 0 Å². The van der Waals surface area contributed by atoms with Gasteiger partial charge < -0.3 is 9.80 Å². The third kappa shape index (κ3) is 7.11. The van der Waals surface area contributed by atoms with Gasteiger partial charge in [-0.05, 0) is 47.6 Å². The van der Waals surface area contributed by atoms with Crippen LogP contribution in [0.3, 0.4) is 0 Å². The topological polar surface area (TPSA) is 6.48 Å². The van der Waals surface area contributed by atoms with Crippen molar-refractivity contribution in [3.8, 4) is 0 Å². The Morgan fingerprint density at radius 3 is 1.77 bits per heavy atom. The summed E-state index contributed by atoms with van der Waals surface area (Å²) in [6.07, 6.45) is 3.78. The molecule has 144 valence electrons. The van der Waals surface area contributed by atoms with Gasteiger partial charge >= 0.3 is 0 Å². The van der Waals surface area contributed by atoms with Gasteiger partial charge in [-0.15, -0.1) is 0 Å². The van der Waals surface area contributed by atoms with Crippen molar-refractivity contribution in [2.24, 2.45) is 0 Å². The Balaban J connectivity index is 0.000000260. The molecule has 0 saturated heterocycles. The van der Waals surface area contributed by atoms with Gasteiger partial charge in [0, 0.05) is 39.6 Å².